The van der Waals surface area contributed by atoms with Gasteiger partial charge in [0.05, 0.1) is 12.1 Å². The maximum absolute atomic E-state index is 8.69. The number of hydrogen-bond acceptors (Lipinski definition) is 4. The normalized spacial score (nSPS) is 28.1. The zero-order valence-corrected chi connectivity index (χ0v) is 11.3. The Morgan fingerprint density at radius 1 is 1.50 bits per heavy atom. The molecule has 1 atom stereocenters. The van der Waals surface area contributed by atoms with Crippen LogP contribution in [0.15, 0.2) is 5.16 Å². The maximum Gasteiger partial charge on any atom is 0.153 e. The molecule has 1 unspecified atom stereocenters. The third kappa shape index (κ3) is 2.95. The minimum absolute atomic E-state index is 0.126. The molecule has 1 aliphatic carbocycles. The molecule has 5 nitrogen and oxygen atoms in total. The summed E-state index contributed by atoms with van der Waals surface area (Å²) in [5, 5.41) is 11.8. The molecule has 18 heavy (non-hydrogen) atoms. The van der Waals surface area contributed by atoms with E-state index < -0.39 is 0 Å². The van der Waals surface area contributed by atoms with Crippen molar-refractivity contribution in [2.75, 3.05) is 19.7 Å². The number of likely N-dealkylation sites (N-methyl/N-ethyl adjacent to an activating group) is 1. The van der Waals surface area contributed by atoms with Gasteiger partial charge in [-0.2, -0.15) is 0 Å². The standard InChI is InChI=1S/C13H25N3O2/c1-2-16(10-12(14)15-17)11-5-8-18-13(9-11)6-3-4-7-13/h11,17H,2-10H2,1H3,(H2,14,15). The van der Waals surface area contributed by atoms with E-state index in [2.05, 4.69) is 17.0 Å². The van der Waals surface area contributed by atoms with Crippen LogP contribution in [0.4, 0.5) is 0 Å². The van der Waals surface area contributed by atoms with Gasteiger partial charge in [0, 0.05) is 12.6 Å². The average molecular weight is 255 g/mol. The van der Waals surface area contributed by atoms with Crippen molar-refractivity contribution in [3.63, 3.8) is 0 Å². The molecule has 0 bridgehead atoms. The fourth-order valence-electron chi connectivity index (χ4n) is 3.42. The summed E-state index contributed by atoms with van der Waals surface area (Å²) in [4.78, 5) is 2.30. The van der Waals surface area contributed by atoms with Crippen LogP contribution in [0.5, 0.6) is 0 Å². The van der Waals surface area contributed by atoms with Crippen LogP contribution < -0.4 is 5.73 Å². The van der Waals surface area contributed by atoms with Crippen molar-refractivity contribution in [3.8, 4) is 0 Å². The molecule has 1 spiro atoms. The summed E-state index contributed by atoms with van der Waals surface area (Å²) in [6.45, 7) is 4.45. The molecule has 2 fully saturated rings. The van der Waals surface area contributed by atoms with Gasteiger partial charge in [-0.1, -0.05) is 24.9 Å². The lowest BCUT2D eigenvalue weighted by atomic mass is 9.88. The van der Waals surface area contributed by atoms with Crippen LogP contribution in [0.2, 0.25) is 0 Å². The first-order chi connectivity index (χ1) is 8.69. The Morgan fingerprint density at radius 3 is 2.83 bits per heavy atom. The third-order valence-electron chi connectivity index (χ3n) is 4.40. The van der Waals surface area contributed by atoms with Crippen LogP contribution in [0, 0.1) is 0 Å². The summed E-state index contributed by atoms with van der Waals surface area (Å²) in [6.07, 6.45) is 7.13. The van der Waals surface area contributed by atoms with Crippen LogP contribution in [0.3, 0.4) is 0 Å². The third-order valence-corrected chi connectivity index (χ3v) is 4.40. The van der Waals surface area contributed by atoms with Crippen molar-refractivity contribution in [3.05, 3.63) is 0 Å². The van der Waals surface area contributed by atoms with Crippen LogP contribution in [-0.2, 0) is 4.74 Å². The molecule has 0 aromatic rings. The number of nitrogens with zero attached hydrogens (tertiary/aromatic N) is 2. The predicted octanol–water partition coefficient (Wildman–Crippen LogP) is 1.55. The number of nitrogens with two attached hydrogens (primary N) is 1. The number of rotatable bonds is 4. The molecule has 5 heteroatoms. The monoisotopic (exact) mass is 255 g/mol. The lowest BCUT2D eigenvalue weighted by Gasteiger charge is -2.42. The molecule has 1 saturated heterocycles. The van der Waals surface area contributed by atoms with Crippen molar-refractivity contribution in [2.24, 2.45) is 10.9 Å². The van der Waals surface area contributed by atoms with E-state index in [1.807, 2.05) is 0 Å². The highest BCUT2D eigenvalue weighted by atomic mass is 16.5. The Balaban J connectivity index is 1.97. The molecular weight excluding hydrogens is 230 g/mol. The topological polar surface area (TPSA) is 71.1 Å². The van der Waals surface area contributed by atoms with Gasteiger partial charge in [-0.3, -0.25) is 4.90 Å². The Kier molecular flexibility index (Phi) is 4.45. The number of oxime groups is 1. The Morgan fingerprint density at radius 2 is 2.22 bits per heavy atom. The van der Waals surface area contributed by atoms with E-state index in [0.29, 0.717) is 18.4 Å². The maximum atomic E-state index is 8.69. The van der Waals surface area contributed by atoms with Crippen molar-refractivity contribution in [2.45, 2.75) is 57.1 Å². The molecule has 1 saturated carbocycles. The van der Waals surface area contributed by atoms with E-state index in [0.717, 1.165) is 26.0 Å². The highest BCUT2D eigenvalue weighted by molar-refractivity contribution is 5.81. The molecule has 1 heterocycles. The van der Waals surface area contributed by atoms with Gasteiger partial charge in [-0.15, -0.1) is 0 Å². The largest absolute Gasteiger partial charge is 0.409 e. The highest BCUT2D eigenvalue weighted by Crippen LogP contribution is 2.41. The molecule has 3 N–H and O–H groups in total. The lowest BCUT2D eigenvalue weighted by Crippen LogP contribution is -2.49. The number of hydrogen-bond donors (Lipinski definition) is 2. The Bertz CT molecular complexity index is 301. The zero-order chi connectivity index (χ0) is 13.0. The molecule has 104 valence electrons. The van der Waals surface area contributed by atoms with Crippen molar-refractivity contribution >= 4 is 5.84 Å². The first kappa shape index (κ1) is 13.6. The SMILES string of the molecule is CCN(CC(N)=NO)C1CCOC2(CCCC2)C1. The second-order valence-corrected chi connectivity index (χ2v) is 5.54. The zero-order valence-electron chi connectivity index (χ0n) is 11.3. The molecule has 0 aromatic carbocycles. The van der Waals surface area contributed by atoms with Crippen LogP contribution >= 0.6 is 0 Å². The second-order valence-electron chi connectivity index (χ2n) is 5.54. The van der Waals surface area contributed by atoms with E-state index in [9.17, 15) is 0 Å². The summed E-state index contributed by atoms with van der Waals surface area (Å²) >= 11 is 0. The van der Waals surface area contributed by atoms with Crippen molar-refractivity contribution in [1.29, 1.82) is 0 Å². The van der Waals surface area contributed by atoms with Gasteiger partial charge < -0.3 is 15.7 Å². The fourth-order valence-corrected chi connectivity index (χ4v) is 3.42. The quantitative estimate of drug-likeness (QED) is 0.346. The summed E-state index contributed by atoms with van der Waals surface area (Å²) in [5.74, 6) is 0.295. The summed E-state index contributed by atoms with van der Waals surface area (Å²) in [5.41, 5.74) is 5.75. The predicted molar refractivity (Wildman–Crippen MR) is 70.8 cm³/mol. The molecule has 0 radical (unpaired) electrons. The van der Waals surface area contributed by atoms with Crippen LogP contribution in [0.25, 0.3) is 0 Å². The van der Waals surface area contributed by atoms with Gasteiger partial charge in [0.15, 0.2) is 5.84 Å². The van der Waals surface area contributed by atoms with E-state index >= 15 is 0 Å². The Hall–Kier alpha value is -0.810. The molecule has 2 rings (SSSR count). The summed E-state index contributed by atoms with van der Waals surface area (Å²) in [6, 6.07) is 0.502. The fraction of sp³-hybridized carbons (Fsp3) is 0.923. The molecular formula is C13H25N3O2. The lowest BCUT2D eigenvalue weighted by molar-refractivity contribution is -0.0995. The van der Waals surface area contributed by atoms with Gasteiger partial charge in [0.1, 0.15) is 0 Å². The summed E-state index contributed by atoms with van der Waals surface area (Å²) < 4.78 is 6.05. The Labute approximate surface area is 109 Å². The van der Waals surface area contributed by atoms with E-state index in [1.54, 1.807) is 0 Å². The highest BCUT2D eigenvalue weighted by Gasteiger charge is 2.41. The molecule has 2 aliphatic rings. The van der Waals surface area contributed by atoms with Gasteiger partial charge in [0.25, 0.3) is 0 Å². The average Bonchev–Trinajstić information content (AvgIpc) is 2.83. The van der Waals surface area contributed by atoms with Crippen molar-refractivity contribution < 1.29 is 9.94 Å². The molecule has 0 amide bonds. The van der Waals surface area contributed by atoms with E-state index in [4.69, 9.17) is 15.7 Å². The van der Waals surface area contributed by atoms with Gasteiger partial charge in [-0.05, 0) is 32.2 Å². The number of ether oxygens (including phenoxy) is 1. The minimum Gasteiger partial charge on any atom is -0.409 e. The second kappa shape index (κ2) is 5.89. The first-order valence-electron chi connectivity index (χ1n) is 7.03. The summed E-state index contributed by atoms with van der Waals surface area (Å²) in [7, 11) is 0. The molecule has 0 aromatic heterocycles. The van der Waals surface area contributed by atoms with Crippen molar-refractivity contribution in [1.82, 2.24) is 4.90 Å². The smallest absolute Gasteiger partial charge is 0.153 e. The van der Waals surface area contributed by atoms with Gasteiger partial charge in [-0.25, -0.2) is 0 Å². The molecule has 1 aliphatic heterocycles. The van der Waals surface area contributed by atoms with Gasteiger partial charge >= 0.3 is 0 Å². The van der Waals surface area contributed by atoms with Gasteiger partial charge in [0.2, 0.25) is 0 Å². The van der Waals surface area contributed by atoms with Crippen LogP contribution in [0.1, 0.15) is 45.4 Å². The first-order valence-corrected chi connectivity index (χ1v) is 7.03. The van der Waals surface area contributed by atoms with E-state index in [1.165, 1.54) is 25.7 Å². The van der Waals surface area contributed by atoms with E-state index in [-0.39, 0.29) is 5.60 Å². The minimum atomic E-state index is 0.126. The van der Waals surface area contributed by atoms with Crippen LogP contribution in [-0.4, -0.2) is 47.3 Å². The number of amidine groups is 1.